The number of rotatable bonds is 6. The quantitative estimate of drug-likeness (QED) is 0.696. The monoisotopic (exact) mass is 388 g/mol. The number of sulfone groups is 1. The highest BCUT2D eigenvalue weighted by molar-refractivity contribution is 7.91. The minimum Gasteiger partial charge on any atom is -0.452 e. The number of benzene rings is 1. The Kier molecular flexibility index (Phi) is 5.85. The lowest BCUT2D eigenvalue weighted by molar-refractivity contribution is -0.137. The number of carbonyl (C=O) groups is 2. The summed E-state index contributed by atoms with van der Waals surface area (Å²) in [6.45, 7) is -0.169. The van der Waals surface area contributed by atoms with Crippen LogP contribution in [-0.2, 0) is 25.9 Å². The normalized spacial score (nSPS) is 18.0. The van der Waals surface area contributed by atoms with Crippen LogP contribution in [-0.4, -0.2) is 54.3 Å². The summed E-state index contributed by atoms with van der Waals surface area (Å²) in [6.07, 6.45) is 3.31. The summed E-state index contributed by atoms with van der Waals surface area (Å²) in [5.41, 5.74) is 1.19. The van der Waals surface area contributed by atoms with Crippen molar-refractivity contribution in [3.05, 3.63) is 66.0 Å². The number of hydrogen-bond acceptors (Lipinski definition) is 6. The van der Waals surface area contributed by atoms with Gasteiger partial charge >= 0.3 is 5.97 Å². The molecule has 1 aromatic heterocycles. The summed E-state index contributed by atoms with van der Waals surface area (Å²) in [5, 5.41) is 0. The molecule has 0 bridgehead atoms. The first-order valence-corrected chi connectivity index (χ1v) is 10.4. The largest absolute Gasteiger partial charge is 0.452 e. The van der Waals surface area contributed by atoms with E-state index in [0.29, 0.717) is 12.0 Å². The molecule has 1 aliphatic rings. The van der Waals surface area contributed by atoms with Crippen LogP contribution in [0.3, 0.4) is 0 Å². The van der Waals surface area contributed by atoms with Gasteiger partial charge in [0.05, 0.1) is 17.1 Å². The number of carbonyl (C=O) groups excluding carboxylic acids is 2. The van der Waals surface area contributed by atoms with Gasteiger partial charge in [0.25, 0.3) is 5.91 Å². The van der Waals surface area contributed by atoms with Gasteiger partial charge in [-0.3, -0.25) is 9.78 Å². The summed E-state index contributed by atoms with van der Waals surface area (Å²) >= 11 is 0. The minimum atomic E-state index is -3.15. The number of aromatic nitrogens is 1. The molecule has 3 rings (SSSR count). The van der Waals surface area contributed by atoms with Crippen molar-refractivity contribution in [3.8, 4) is 0 Å². The van der Waals surface area contributed by atoms with Crippen LogP contribution in [0.25, 0.3) is 0 Å². The molecule has 27 heavy (non-hydrogen) atoms. The molecule has 0 unspecified atom stereocenters. The van der Waals surface area contributed by atoms with E-state index < -0.39 is 34.4 Å². The number of hydrogen-bond donors (Lipinski definition) is 0. The van der Waals surface area contributed by atoms with Crippen molar-refractivity contribution in [1.82, 2.24) is 9.88 Å². The summed E-state index contributed by atoms with van der Waals surface area (Å²) < 4.78 is 28.8. The molecule has 1 saturated heterocycles. The van der Waals surface area contributed by atoms with E-state index in [-0.39, 0.29) is 18.1 Å². The van der Waals surface area contributed by atoms with Crippen molar-refractivity contribution in [2.45, 2.75) is 19.0 Å². The zero-order valence-electron chi connectivity index (χ0n) is 14.7. The molecule has 1 fully saturated rings. The Bertz CT molecular complexity index is 900. The van der Waals surface area contributed by atoms with Crippen molar-refractivity contribution in [2.24, 2.45) is 0 Å². The van der Waals surface area contributed by atoms with Crippen LogP contribution in [0.4, 0.5) is 0 Å². The van der Waals surface area contributed by atoms with Crippen molar-refractivity contribution in [2.75, 3.05) is 18.1 Å². The third-order valence-corrected chi connectivity index (χ3v) is 6.16. The van der Waals surface area contributed by atoms with Gasteiger partial charge in [-0.05, 0) is 24.1 Å². The predicted molar refractivity (Wildman–Crippen MR) is 98.6 cm³/mol. The van der Waals surface area contributed by atoms with Crippen molar-refractivity contribution >= 4 is 21.7 Å². The van der Waals surface area contributed by atoms with E-state index in [4.69, 9.17) is 4.74 Å². The third-order valence-electron chi connectivity index (χ3n) is 4.41. The Hall–Kier alpha value is -2.74. The van der Waals surface area contributed by atoms with Gasteiger partial charge in [-0.15, -0.1) is 0 Å². The molecule has 1 aromatic carbocycles. The van der Waals surface area contributed by atoms with E-state index >= 15 is 0 Å². The summed E-state index contributed by atoms with van der Waals surface area (Å²) in [5.74, 6) is -1.04. The molecule has 0 aliphatic carbocycles. The van der Waals surface area contributed by atoms with E-state index in [2.05, 4.69) is 4.98 Å². The molecule has 2 heterocycles. The van der Waals surface area contributed by atoms with Gasteiger partial charge in [-0.2, -0.15) is 0 Å². The van der Waals surface area contributed by atoms with Crippen molar-refractivity contribution in [1.29, 1.82) is 0 Å². The average molecular weight is 388 g/mol. The topological polar surface area (TPSA) is 93.6 Å². The van der Waals surface area contributed by atoms with E-state index in [9.17, 15) is 18.0 Å². The zero-order chi connectivity index (χ0) is 19.3. The van der Waals surface area contributed by atoms with Crippen LogP contribution in [0.1, 0.15) is 22.3 Å². The van der Waals surface area contributed by atoms with Crippen molar-refractivity contribution in [3.63, 3.8) is 0 Å². The molecule has 0 saturated carbocycles. The number of pyridine rings is 1. The fourth-order valence-electron chi connectivity index (χ4n) is 3.00. The van der Waals surface area contributed by atoms with E-state index in [0.717, 1.165) is 5.56 Å². The fraction of sp³-hybridized carbons (Fsp3) is 0.316. The first-order chi connectivity index (χ1) is 12.9. The minimum absolute atomic E-state index is 0.0625. The Morgan fingerprint density at radius 1 is 1.11 bits per heavy atom. The van der Waals surface area contributed by atoms with Gasteiger partial charge in [-0.25, -0.2) is 13.2 Å². The van der Waals surface area contributed by atoms with E-state index in [1.54, 1.807) is 0 Å². The lowest BCUT2D eigenvalue weighted by Crippen LogP contribution is -2.42. The van der Waals surface area contributed by atoms with Gasteiger partial charge in [-0.1, -0.05) is 30.3 Å². The van der Waals surface area contributed by atoms with E-state index in [1.165, 1.54) is 29.4 Å². The maximum Gasteiger partial charge on any atom is 0.338 e. The van der Waals surface area contributed by atoms with Crippen LogP contribution in [0, 0.1) is 0 Å². The van der Waals surface area contributed by atoms with Crippen LogP contribution in [0.15, 0.2) is 54.9 Å². The Morgan fingerprint density at radius 3 is 2.44 bits per heavy atom. The lowest BCUT2D eigenvalue weighted by atomic mass is 10.1. The molecule has 2 aromatic rings. The molecule has 0 radical (unpaired) electrons. The third kappa shape index (κ3) is 5.13. The molecule has 8 heteroatoms. The highest BCUT2D eigenvalue weighted by Crippen LogP contribution is 2.20. The molecular weight excluding hydrogens is 368 g/mol. The first-order valence-electron chi connectivity index (χ1n) is 8.55. The molecular formula is C19H20N2O5S. The number of amides is 1. The summed E-state index contributed by atoms with van der Waals surface area (Å²) in [4.78, 5) is 30.1. The Morgan fingerprint density at radius 2 is 1.81 bits per heavy atom. The van der Waals surface area contributed by atoms with Crippen molar-refractivity contribution < 1.29 is 22.7 Å². The molecule has 7 nitrogen and oxygen atoms in total. The van der Waals surface area contributed by atoms with Crippen LogP contribution in [0.5, 0.6) is 0 Å². The molecule has 0 N–H and O–H groups in total. The molecule has 1 atom stereocenters. The maximum absolute atomic E-state index is 12.7. The second-order valence-corrected chi connectivity index (χ2v) is 8.60. The number of nitrogens with zero attached hydrogens (tertiary/aromatic N) is 2. The van der Waals surface area contributed by atoms with Crippen LogP contribution >= 0.6 is 0 Å². The standard InChI is InChI=1S/C19H20N2O5S/c22-18(13-26-19(23)16-6-9-20-10-7-16)21(12-15-4-2-1-3-5-15)17-8-11-27(24,25)14-17/h1-7,9-10,17H,8,11-14H2/t17-/m1/s1. The highest BCUT2D eigenvalue weighted by Gasteiger charge is 2.35. The van der Waals surface area contributed by atoms with Crippen LogP contribution in [0.2, 0.25) is 0 Å². The molecule has 1 amide bonds. The van der Waals surface area contributed by atoms with Crippen LogP contribution < -0.4 is 0 Å². The predicted octanol–water partition coefficient (Wildman–Crippen LogP) is 1.45. The fourth-order valence-corrected chi connectivity index (χ4v) is 4.73. The Labute approximate surface area is 157 Å². The number of ether oxygens (including phenoxy) is 1. The molecule has 0 spiro atoms. The SMILES string of the molecule is O=C(OCC(=O)N(Cc1ccccc1)[C@@H]1CCS(=O)(=O)C1)c1ccncc1. The first kappa shape index (κ1) is 19.0. The maximum atomic E-state index is 12.7. The average Bonchev–Trinajstić information content (AvgIpc) is 3.05. The molecule has 1 aliphatic heterocycles. The van der Waals surface area contributed by atoms with E-state index in [1.807, 2.05) is 30.3 Å². The lowest BCUT2D eigenvalue weighted by Gasteiger charge is -2.28. The van der Waals surface area contributed by atoms with Gasteiger partial charge in [0, 0.05) is 25.0 Å². The smallest absolute Gasteiger partial charge is 0.338 e. The van der Waals surface area contributed by atoms with Gasteiger partial charge in [0.2, 0.25) is 0 Å². The second-order valence-electron chi connectivity index (χ2n) is 6.38. The Balaban J connectivity index is 1.69. The zero-order valence-corrected chi connectivity index (χ0v) is 15.5. The highest BCUT2D eigenvalue weighted by atomic mass is 32.2. The molecule has 142 valence electrons. The number of esters is 1. The summed E-state index contributed by atoms with van der Waals surface area (Å²) in [7, 11) is -3.15. The van der Waals surface area contributed by atoms with Gasteiger partial charge in [0.1, 0.15) is 0 Å². The summed E-state index contributed by atoms with van der Waals surface area (Å²) in [6, 6.07) is 11.9. The van der Waals surface area contributed by atoms with Gasteiger partial charge < -0.3 is 9.64 Å². The second kappa shape index (κ2) is 8.30. The van der Waals surface area contributed by atoms with Gasteiger partial charge in [0.15, 0.2) is 16.4 Å².